The number of hydrogen-bond acceptors (Lipinski definition) is 5. The molecule has 2 N–H and O–H groups in total. The molecule has 2 aromatic heterocycles. The van der Waals surface area contributed by atoms with Gasteiger partial charge in [-0.25, -0.2) is 9.38 Å². The standard InChI is InChI=1S/C28H24FN5O/c1-26(2)24-15-28(17-5-4-10-30-16-17)23(29)13-22(33-28)12-20-7-6-18(31-20)11-19-8-9-21(32-19)14-27(3,34-24)25(26)35/h4-16,31,34H,1-3H3. The van der Waals surface area contributed by atoms with Crippen LogP contribution in [0.4, 0.5) is 4.39 Å². The number of aromatic amines is 1. The highest BCUT2D eigenvalue weighted by molar-refractivity contribution is 6.20. The van der Waals surface area contributed by atoms with Gasteiger partial charge in [-0.05, 0) is 81.5 Å². The number of carbonyl (C=O) groups excluding carboxylic acids is 1. The highest BCUT2D eigenvalue weighted by atomic mass is 19.1. The van der Waals surface area contributed by atoms with Gasteiger partial charge in [0.2, 0.25) is 0 Å². The van der Waals surface area contributed by atoms with E-state index in [-0.39, 0.29) is 5.78 Å². The first-order chi connectivity index (χ1) is 16.7. The number of pyridine rings is 1. The van der Waals surface area contributed by atoms with E-state index < -0.39 is 22.3 Å². The minimum atomic E-state index is -1.43. The molecule has 0 amide bonds. The van der Waals surface area contributed by atoms with Crippen LogP contribution in [-0.4, -0.2) is 32.7 Å². The summed E-state index contributed by atoms with van der Waals surface area (Å²) in [4.78, 5) is 30.7. The third-order valence-corrected chi connectivity index (χ3v) is 6.96. The zero-order valence-corrected chi connectivity index (χ0v) is 19.6. The van der Waals surface area contributed by atoms with Crippen LogP contribution in [0.25, 0.3) is 12.2 Å². The molecular formula is C28H24FN5O. The van der Waals surface area contributed by atoms with Gasteiger partial charge in [-0.3, -0.25) is 14.8 Å². The third-order valence-electron chi connectivity index (χ3n) is 6.96. The van der Waals surface area contributed by atoms with Crippen molar-refractivity contribution in [3.8, 4) is 0 Å². The molecular weight excluding hydrogens is 441 g/mol. The summed E-state index contributed by atoms with van der Waals surface area (Å²) in [6, 6.07) is 7.41. The number of fused-ring (bicyclic) bond motifs is 6. The fraction of sp³-hybridized carbons (Fsp3) is 0.214. The van der Waals surface area contributed by atoms with Gasteiger partial charge in [0.05, 0.1) is 22.5 Å². The van der Waals surface area contributed by atoms with Crippen LogP contribution in [0.1, 0.15) is 26.3 Å². The molecule has 2 aromatic rings. The molecule has 8 bridgehead atoms. The van der Waals surface area contributed by atoms with Gasteiger partial charge in [-0.15, -0.1) is 0 Å². The van der Waals surface area contributed by atoms with Crippen LogP contribution in [0.2, 0.25) is 0 Å². The van der Waals surface area contributed by atoms with Crippen molar-refractivity contribution in [3.63, 3.8) is 0 Å². The molecule has 174 valence electrons. The molecule has 0 aromatic carbocycles. The molecule has 0 saturated carbocycles. The molecule has 4 aliphatic rings. The zero-order chi connectivity index (χ0) is 24.4. The minimum Gasteiger partial charge on any atom is -0.373 e. The Hall–Kier alpha value is -4.13. The molecule has 1 fully saturated rings. The predicted octanol–water partition coefficient (Wildman–Crippen LogP) is 2.92. The number of allylic oxidation sites excluding steroid dienone is 4. The lowest BCUT2D eigenvalue weighted by molar-refractivity contribution is -0.126. The first-order valence-electron chi connectivity index (χ1n) is 11.5. The molecule has 2 unspecified atom stereocenters. The Bertz CT molecular complexity index is 1580. The van der Waals surface area contributed by atoms with Gasteiger partial charge in [0.1, 0.15) is 11.4 Å². The van der Waals surface area contributed by atoms with Crippen LogP contribution in [-0.2, 0) is 10.3 Å². The minimum absolute atomic E-state index is 0.0258. The zero-order valence-electron chi connectivity index (χ0n) is 19.6. The van der Waals surface area contributed by atoms with Gasteiger partial charge in [-0.1, -0.05) is 6.07 Å². The maximum atomic E-state index is 15.9. The summed E-state index contributed by atoms with van der Waals surface area (Å²) in [6.07, 6.45) is 15.8. The number of nitrogens with zero attached hydrogens (tertiary/aromatic N) is 3. The van der Waals surface area contributed by atoms with Gasteiger partial charge in [0, 0.05) is 34.4 Å². The van der Waals surface area contributed by atoms with Gasteiger partial charge in [-0.2, -0.15) is 0 Å². The molecule has 0 spiro atoms. The van der Waals surface area contributed by atoms with Crippen LogP contribution in [0.15, 0.2) is 94.2 Å². The van der Waals surface area contributed by atoms with Crippen molar-refractivity contribution in [2.75, 3.05) is 0 Å². The van der Waals surface area contributed by atoms with E-state index in [9.17, 15) is 4.79 Å². The van der Waals surface area contributed by atoms with Gasteiger partial charge >= 0.3 is 0 Å². The van der Waals surface area contributed by atoms with E-state index >= 15 is 4.39 Å². The van der Waals surface area contributed by atoms with Gasteiger partial charge in [0.15, 0.2) is 11.3 Å². The molecule has 35 heavy (non-hydrogen) atoms. The van der Waals surface area contributed by atoms with E-state index in [1.54, 1.807) is 36.7 Å². The van der Waals surface area contributed by atoms with E-state index in [2.05, 4.69) is 20.3 Å². The largest absolute Gasteiger partial charge is 0.373 e. The van der Waals surface area contributed by atoms with E-state index in [1.807, 2.05) is 57.2 Å². The second kappa shape index (κ2) is 7.18. The summed E-state index contributed by atoms with van der Waals surface area (Å²) in [6.45, 7) is 5.53. The summed E-state index contributed by atoms with van der Waals surface area (Å²) in [5.41, 5.74) is -0.215. The number of halogens is 1. The van der Waals surface area contributed by atoms with Crippen molar-refractivity contribution in [3.05, 3.63) is 101 Å². The van der Waals surface area contributed by atoms with E-state index in [1.165, 1.54) is 6.08 Å². The second-order valence-corrected chi connectivity index (χ2v) is 9.97. The van der Waals surface area contributed by atoms with Crippen molar-refractivity contribution in [1.82, 2.24) is 15.3 Å². The number of nitrogens with one attached hydrogen (secondary N) is 2. The van der Waals surface area contributed by atoms with Crippen LogP contribution < -0.4 is 16.0 Å². The van der Waals surface area contributed by atoms with E-state index in [4.69, 9.17) is 4.99 Å². The van der Waals surface area contributed by atoms with Gasteiger partial charge < -0.3 is 10.3 Å². The smallest absolute Gasteiger partial charge is 0.173 e. The average molecular weight is 466 g/mol. The monoisotopic (exact) mass is 465 g/mol. The fourth-order valence-electron chi connectivity index (χ4n) is 5.14. The van der Waals surface area contributed by atoms with Crippen LogP contribution in [0, 0.1) is 5.41 Å². The number of carbonyl (C=O) groups is 1. The van der Waals surface area contributed by atoms with Crippen molar-refractivity contribution < 1.29 is 9.18 Å². The van der Waals surface area contributed by atoms with Crippen molar-refractivity contribution in [2.24, 2.45) is 15.4 Å². The summed E-state index contributed by atoms with van der Waals surface area (Å²) in [5.74, 6) is -0.460. The molecule has 7 heteroatoms. The summed E-state index contributed by atoms with van der Waals surface area (Å²) in [5, 5.41) is 5.05. The van der Waals surface area contributed by atoms with Crippen LogP contribution in [0.5, 0.6) is 0 Å². The molecule has 1 saturated heterocycles. The summed E-state index contributed by atoms with van der Waals surface area (Å²) < 4.78 is 15.9. The first-order valence-corrected chi connectivity index (χ1v) is 11.5. The van der Waals surface area contributed by atoms with Gasteiger partial charge in [0.25, 0.3) is 0 Å². The Balaban J connectivity index is 1.66. The SMILES string of the molecule is CC12C=C3C=CC(=N3)C=c3ccc([nH]3)=CC3=NC(c4cccnc4)(C=C(N1)C(C)(C)C2=O)C(F)=C3. The summed E-state index contributed by atoms with van der Waals surface area (Å²) in [7, 11) is 0. The van der Waals surface area contributed by atoms with Crippen LogP contribution >= 0.6 is 0 Å². The second-order valence-electron chi connectivity index (χ2n) is 9.97. The highest BCUT2D eigenvalue weighted by Gasteiger charge is 2.53. The number of aliphatic imine (C=N–C) groups is 2. The number of aromatic nitrogens is 2. The maximum Gasteiger partial charge on any atom is 0.173 e. The average Bonchev–Trinajstić information content (AvgIpc) is 3.56. The van der Waals surface area contributed by atoms with Crippen molar-refractivity contribution >= 4 is 29.4 Å². The topological polar surface area (TPSA) is 82.5 Å². The number of rotatable bonds is 1. The Morgan fingerprint density at radius 3 is 2.46 bits per heavy atom. The number of H-pyrrole nitrogens is 1. The molecule has 6 nitrogen and oxygen atoms in total. The Morgan fingerprint density at radius 2 is 1.71 bits per heavy atom. The molecule has 2 atom stereocenters. The normalized spacial score (nSPS) is 28.2. The third kappa shape index (κ3) is 3.30. The van der Waals surface area contributed by atoms with E-state index in [0.29, 0.717) is 22.7 Å². The molecule has 0 aliphatic carbocycles. The first kappa shape index (κ1) is 21.4. The highest BCUT2D eigenvalue weighted by Crippen LogP contribution is 2.46. The maximum absolute atomic E-state index is 15.9. The predicted molar refractivity (Wildman–Crippen MR) is 135 cm³/mol. The molecule has 6 heterocycles. The molecule has 4 aliphatic heterocycles. The molecule has 0 radical (unpaired) electrons. The Labute approximate surface area is 201 Å². The molecule has 6 rings (SSSR count). The number of ketones is 1. The Morgan fingerprint density at radius 1 is 0.943 bits per heavy atom. The van der Waals surface area contributed by atoms with E-state index in [0.717, 1.165) is 16.4 Å². The van der Waals surface area contributed by atoms with Crippen molar-refractivity contribution in [2.45, 2.75) is 31.8 Å². The number of hydrogen-bond donors (Lipinski definition) is 2. The lowest BCUT2D eigenvalue weighted by Gasteiger charge is -2.26. The lowest BCUT2D eigenvalue weighted by atomic mass is 9.79. The summed E-state index contributed by atoms with van der Waals surface area (Å²) >= 11 is 0. The Kier molecular flexibility index (Phi) is 4.39. The van der Waals surface area contributed by atoms with Crippen LogP contribution in [0.3, 0.4) is 0 Å². The quantitative estimate of drug-likeness (QED) is 0.680. The number of Topliss-reactive ketones (excluding diaryl/α,β-unsaturated/α-hetero) is 1. The van der Waals surface area contributed by atoms with Crippen molar-refractivity contribution in [1.29, 1.82) is 0 Å². The fourth-order valence-corrected chi connectivity index (χ4v) is 5.14. The lowest BCUT2D eigenvalue weighted by Crippen LogP contribution is -2.41.